The Morgan fingerprint density at radius 1 is 1.42 bits per heavy atom. The SMILES string of the molecule is CC(C)C1CCN(S(=O)(=O)c2ccc(Cl)c(N)c2)C1. The first-order valence-electron chi connectivity index (χ1n) is 6.37. The highest BCUT2D eigenvalue weighted by Crippen LogP contribution is 2.30. The first-order chi connectivity index (χ1) is 8.82. The van der Waals surface area contributed by atoms with Crippen LogP contribution in [0.5, 0.6) is 0 Å². The predicted molar refractivity (Wildman–Crippen MR) is 77.6 cm³/mol. The fourth-order valence-electron chi connectivity index (χ4n) is 2.35. The molecule has 1 aliphatic heterocycles. The van der Waals surface area contributed by atoms with Crippen LogP contribution in [0.4, 0.5) is 5.69 Å². The van der Waals surface area contributed by atoms with Crippen molar-refractivity contribution in [2.45, 2.75) is 25.2 Å². The average Bonchev–Trinajstić information content (AvgIpc) is 2.82. The number of benzene rings is 1. The zero-order valence-corrected chi connectivity index (χ0v) is 12.7. The van der Waals surface area contributed by atoms with Gasteiger partial charge in [-0.25, -0.2) is 8.42 Å². The van der Waals surface area contributed by atoms with Crippen LogP contribution in [0.15, 0.2) is 23.1 Å². The number of nitrogens with zero attached hydrogens (tertiary/aromatic N) is 1. The molecule has 0 saturated carbocycles. The van der Waals surface area contributed by atoms with Crippen molar-refractivity contribution in [2.75, 3.05) is 18.8 Å². The third-order valence-corrected chi connectivity index (χ3v) is 5.94. The van der Waals surface area contributed by atoms with Crippen LogP contribution in [0.25, 0.3) is 0 Å². The molecule has 1 fully saturated rings. The minimum atomic E-state index is -3.45. The number of hydrogen-bond donors (Lipinski definition) is 1. The number of nitrogens with two attached hydrogens (primary N) is 1. The van der Waals surface area contributed by atoms with E-state index in [1.165, 1.54) is 18.2 Å². The number of rotatable bonds is 3. The highest BCUT2D eigenvalue weighted by molar-refractivity contribution is 7.89. The Labute approximate surface area is 119 Å². The summed E-state index contributed by atoms with van der Waals surface area (Å²) < 4.78 is 26.5. The lowest BCUT2D eigenvalue weighted by molar-refractivity contribution is 0.388. The Bertz CT molecular complexity index is 572. The van der Waals surface area contributed by atoms with Crippen LogP contribution < -0.4 is 5.73 Å². The van der Waals surface area contributed by atoms with E-state index in [9.17, 15) is 8.42 Å². The van der Waals surface area contributed by atoms with Gasteiger partial charge >= 0.3 is 0 Å². The quantitative estimate of drug-likeness (QED) is 0.873. The van der Waals surface area contributed by atoms with Crippen LogP contribution >= 0.6 is 11.6 Å². The van der Waals surface area contributed by atoms with Gasteiger partial charge in [0.1, 0.15) is 0 Å². The first-order valence-corrected chi connectivity index (χ1v) is 8.19. The lowest BCUT2D eigenvalue weighted by Gasteiger charge is -2.18. The molecule has 0 spiro atoms. The van der Waals surface area contributed by atoms with E-state index >= 15 is 0 Å². The van der Waals surface area contributed by atoms with E-state index in [1.54, 1.807) is 4.31 Å². The summed E-state index contributed by atoms with van der Waals surface area (Å²) in [4.78, 5) is 0.221. The van der Waals surface area contributed by atoms with E-state index in [0.717, 1.165) is 6.42 Å². The molecule has 2 rings (SSSR count). The molecule has 1 aromatic carbocycles. The largest absolute Gasteiger partial charge is 0.397 e. The maximum Gasteiger partial charge on any atom is 0.243 e. The second-order valence-electron chi connectivity index (χ2n) is 5.34. The highest BCUT2D eigenvalue weighted by Gasteiger charge is 2.33. The molecule has 1 saturated heterocycles. The van der Waals surface area contributed by atoms with Crippen LogP contribution in [0.2, 0.25) is 5.02 Å². The van der Waals surface area contributed by atoms with Gasteiger partial charge in [-0.3, -0.25) is 0 Å². The summed E-state index contributed by atoms with van der Waals surface area (Å²) in [6.45, 7) is 5.42. The zero-order chi connectivity index (χ0) is 14.2. The molecule has 0 radical (unpaired) electrons. The lowest BCUT2D eigenvalue weighted by Crippen LogP contribution is -2.29. The van der Waals surface area contributed by atoms with Gasteiger partial charge < -0.3 is 5.73 Å². The van der Waals surface area contributed by atoms with Crippen molar-refractivity contribution in [3.8, 4) is 0 Å². The van der Waals surface area contributed by atoms with E-state index in [0.29, 0.717) is 35.6 Å². The highest BCUT2D eigenvalue weighted by atomic mass is 35.5. The molecule has 1 unspecified atom stereocenters. The number of halogens is 1. The van der Waals surface area contributed by atoms with E-state index in [-0.39, 0.29) is 4.90 Å². The third-order valence-electron chi connectivity index (χ3n) is 3.74. The predicted octanol–water partition coefficient (Wildman–Crippen LogP) is 2.59. The molecule has 6 heteroatoms. The molecule has 0 aliphatic carbocycles. The Hall–Kier alpha value is -0.780. The summed E-state index contributed by atoms with van der Waals surface area (Å²) in [7, 11) is -3.45. The lowest BCUT2D eigenvalue weighted by atomic mass is 9.96. The minimum Gasteiger partial charge on any atom is -0.397 e. The summed E-state index contributed by atoms with van der Waals surface area (Å²) >= 11 is 5.82. The van der Waals surface area contributed by atoms with Gasteiger partial charge in [0, 0.05) is 13.1 Å². The van der Waals surface area contributed by atoms with E-state index in [2.05, 4.69) is 13.8 Å². The van der Waals surface area contributed by atoms with Gasteiger partial charge in [0.25, 0.3) is 0 Å². The van der Waals surface area contributed by atoms with E-state index in [1.807, 2.05) is 0 Å². The van der Waals surface area contributed by atoms with Crippen molar-refractivity contribution in [3.63, 3.8) is 0 Å². The maximum atomic E-state index is 12.5. The van der Waals surface area contributed by atoms with Crippen molar-refractivity contribution in [3.05, 3.63) is 23.2 Å². The summed E-state index contributed by atoms with van der Waals surface area (Å²) in [6.07, 6.45) is 0.917. The van der Waals surface area contributed by atoms with Gasteiger partial charge in [0.2, 0.25) is 10.0 Å². The molecule has 19 heavy (non-hydrogen) atoms. The van der Waals surface area contributed by atoms with Gasteiger partial charge in [0.05, 0.1) is 15.6 Å². The van der Waals surface area contributed by atoms with E-state index in [4.69, 9.17) is 17.3 Å². The van der Waals surface area contributed by atoms with Crippen LogP contribution in [0.3, 0.4) is 0 Å². The second kappa shape index (κ2) is 5.31. The van der Waals surface area contributed by atoms with Crippen molar-refractivity contribution in [1.29, 1.82) is 0 Å². The molecule has 4 nitrogen and oxygen atoms in total. The van der Waals surface area contributed by atoms with Gasteiger partial charge in [0.15, 0.2) is 0 Å². The summed E-state index contributed by atoms with van der Waals surface area (Å²) in [5.41, 5.74) is 5.97. The molecule has 0 bridgehead atoms. The monoisotopic (exact) mass is 302 g/mol. The fraction of sp³-hybridized carbons (Fsp3) is 0.538. The molecule has 0 aromatic heterocycles. The fourth-order valence-corrected chi connectivity index (χ4v) is 4.01. The molecule has 2 N–H and O–H groups in total. The Morgan fingerprint density at radius 2 is 2.11 bits per heavy atom. The Morgan fingerprint density at radius 3 is 2.63 bits per heavy atom. The first kappa shape index (κ1) is 14.6. The zero-order valence-electron chi connectivity index (χ0n) is 11.1. The number of anilines is 1. The summed E-state index contributed by atoms with van der Waals surface area (Å²) in [5.74, 6) is 0.926. The normalized spacial score (nSPS) is 21.2. The average molecular weight is 303 g/mol. The van der Waals surface area contributed by atoms with Crippen LogP contribution in [-0.4, -0.2) is 25.8 Å². The number of nitrogen functional groups attached to an aromatic ring is 1. The van der Waals surface area contributed by atoms with Gasteiger partial charge in [-0.15, -0.1) is 0 Å². The third kappa shape index (κ3) is 2.88. The van der Waals surface area contributed by atoms with Crippen molar-refractivity contribution >= 4 is 27.3 Å². The minimum absolute atomic E-state index is 0.221. The number of sulfonamides is 1. The summed E-state index contributed by atoms with van der Waals surface area (Å²) in [6, 6.07) is 4.47. The van der Waals surface area contributed by atoms with Crippen LogP contribution in [-0.2, 0) is 10.0 Å². The van der Waals surface area contributed by atoms with Crippen molar-refractivity contribution in [1.82, 2.24) is 4.31 Å². The molecule has 1 aromatic rings. The molecular weight excluding hydrogens is 284 g/mol. The van der Waals surface area contributed by atoms with Gasteiger partial charge in [-0.2, -0.15) is 4.31 Å². The van der Waals surface area contributed by atoms with Crippen molar-refractivity contribution < 1.29 is 8.42 Å². The Balaban J connectivity index is 2.26. The molecule has 0 amide bonds. The summed E-state index contributed by atoms with van der Waals surface area (Å²) in [5, 5.41) is 0.375. The van der Waals surface area contributed by atoms with Crippen LogP contribution in [0.1, 0.15) is 20.3 Å². The Kier molecular flexibility index (Phi) is 4.08. The second-order valence-corrected chi connectivity index (χ2v) is 7.68. The topological polar surface area (TPSA) is 63.4 Å². The maximum absolute atomic E-state index is 12.5. The number of hydrogen-bond acceptors (Lipinski definition) is 3. The smallest absolute Gasteiger partial charge is 0.243 e. The van der Waals surface area contributed by atoms with E-state index < -0.39 is 10.0 Å². The van der Waals surface area contributed by atoms with Crippen LogP contribution in [0, 0.1) is 11.8 Å². The molecular formula is C13H19ClN2O2S. The van der Waals surface area contributed by atoms with Gasteiger partial charge in [-0.1, -0.05) is 25.4 Å². The standard InChI is InChI=1S/C13H19ClN2O2S/c1-9(2)10-5-6-16(8-10)19(17,18)11-3-4-12(14)13(15)7-11/h3-4,7,9-10H,5-6,8,15H2,1-2H3. The van der Waals surface area contributed by atoms with Crippen molar-refractivity contribution in [2.24, 2.45) is 11.8 Å². The molecule has 106 valence electrons. The van der Waals surface area contributed by atoms with Gasteiger partial charge in [-0.05, 0) is 36.5 Å². The molecule has 1 atom stereocenters. The molecule has 1 aliphatic rings. The molecule has 1 heterocycles.